The first-order valence-electron chi connectivity index (χ1n) is 7.21. The molecular formula is C17H20N2O3S. The van der Waals surface area contributed by atoms with Gasteiger partial charge in [-0.1, -0.05) is 42.5 Å². The van der Waals surface area contributed by atoms with E-state index in [1.807, 2.05) is 30.3 Å². The molecule has 0 spiro atoms. The van der Waals surface area contributed by atoms with Gasteiger partial charge in [0.25, 0.3) is 0 Å². The monoisotopic (exact) mass is 332 g/mol. The number of hydrogen-bond donors (Lipinski definition) is 1. The van der Waals surface area contributed by atoms with Gasteiger partial charge in [0, 0.05) is 20.6 Å². The summed E-state index contributed by atoms with van der Waals surface area (Å²) in [6.07, 6.45) is 0.217. The minimum atomic E-state index is -3.44. The zero-order valence-corrected chi connectivity index (χ0v) is 14.0. The Kier molecular flexibility index (Phi) is 5.52. The van der Waals surface area contributed by atoms with E-state index in [0.717, 1.165) is 15.4 Å². The van der Waals surface area contributed by atoms with Crippen LogP contribution in [0.5, 0.6) is 0 Å². The number of carbonyl (C=O) groups excluding carboxylic acids is 1. The van der Waals surface area contributed by atoms with Gasteiger partial charge in [-0.05, 0) is 23.3 Å². The smallest absolute Gasteiger partial charge is 0.242 e. The average Bonchev–Trinajstić information content (AvgIpc) is 2.54. The Morgan fingerprint density at radius 2 is 1.57 bits per heavy atom. The fourth-order valence-corrected chi connectivity index (χ4v) is 2.94. The van der Waals surface area contributed by atoms with Crippen molar-refractivity contribution in [2.45, 2.75) is 17.9 Å². The molecule has 0 atom stereocenters. The lowest BCUT2D eigenvalue weighted by Crippen LogP contribution is -2.24. The molecule has 0 heterocycles. The molecule has 0 saturated heterocycles. The van der Waals surface area contributed by atoms with Gasteiger partial charge in [0.2, 0.25) is 15.9 Å². The van der Waals surface area contributed by atoms with Gasteiger partial charge in [0.1, 0.15) is 0 Å². The number of amides is 1. The zero-order valence-electron chi connectivity index (χ0n) is 13.2. The molecule has 0 fully saturated rings. The van der Waals surface area contributed by atoms with Crippen LogP contribution in [-0.4, -0.2) is 32.7 Å². The molecule has 1 N–H and O–H groups in total. The molecule has 0 saturated carbocycles. The summed E-state index contributed by atoms with van der Waals surface area (Å²) in [6.45, 7) is 0.479. The lowest BCUT2D eigenvalue weighted by molar-refractivity contribution is -0.120. The van der Waals surface area contributed by atoms with Crippen LogP contribution in [0.3, 0.4) is 0 Å². The molecule has 23 heavy (non-hydrogen) atoms. The number of sulfonamides is 1. The fourth-order valence-electron chi connectivity index (χ4n) is 2.03. The van der Waals surface area contributed by atoms with Gasteiger partial charge in [-0.3, -0.25) is 4.79 Å². The van der Waals surface area contributed by atoms with Crippen molar-refractivity contribution in [2.75, 3.05) is 14.1 Å². The second-order valence-corrected chi connectivity index (χ2v) is 7.52. The van der Waals surface area contributed by atoms with Gasteiger partial charge in [0.15, 0.2) is 0 Å². The minimum absolute atomic E-state index is 0.0999. The van der Waals surface area contributed by atoms with Gasteiger partial charge in [-0.15, -0.1) is 0 Å². The van der Waals surface area contributed by atoms with E-state index in [4.69, 9.17) is 0 Å². The maximum absolute atomic E-state index is 12.0. The predicted octanol–water partition coefficient (Wildman–Crippen LogP) is 1.80. The Morgan fingerprint density at radius 3 is 2.13 bits per heavy atom. The number of nitrogens with one attached hydrogen (secondary N) is 1. The van der Waals surface area contributed by atoms with E-state index in [1.54, 1.807) is 12.1 Å². The van der Waals surface area contributed by atoms with E-state index in [9.17, 15) is 13.2 Å². The third-order valence-electron chi connectivity index (χ3n) is 3.40. The highest BCUT2D eigenvalue weighted by molar-refractivity contribution is 7.89. The lowest BCUT2D eigenvalue weighted by Gasteiger charge is -2.11. The van der Waals surface area contributed by atoms with Gasteiger partial charge in [-0.25, -0.2) is 12.7 Å². The molecule has 5 nitrogen and oxygen atoms in total. The summed E-state index contributed by atoms with van der Waals surface area (Å²) in [7, 11) is -0.463. The molecule has 0 bridgehead atoms. The van der Waals surface area contributed by atoms with Crippen molar-refractivity contribution in [3.05, 3.63) is 65.7 Å². The van der Waals surface area contributed by atoms with Crippen LogP contribution in [0.2, 0.25) is 0 Å². The van der Waals surface area contributed by atoms with E-state index in [-0.39, 0.29) is 17.2 Å². The molecular weight excluding hydrogens is 312 g/mol. The van der Waals surface area contributed by atoms with Crippen LogP contribution in [0.1, 0.15) is 11.1 Å². The van der Waals surface area contributed by atoms with Gasteiger partial charge in [-0.2, -0.15) is 0 Å². The first-order valence-corrected chi connectivity index (χ1v) is 8.65. The van der Waals surface area contributed by atoms with E-state index in [1.165, 1.54) is 26.2 Å². The number of benzene rings is 2. The Labute approximate surface area is 137 Å². The van der Waals surface area contributed by atoms with Crippen molar-refractivity contribution in [3.8, 4) is 0 Å². The van der Waals surface area contributed by atoms with Crippen LogP contribution in [0.4, 0.5) is 0 Å². The Bertz CT molecular complexity index is 754. The van der Waals surface area contributed by atoms with Crippen molar-refractivity contribution >= 4 is 15.9 Å². The van der Waals surface area contributed by atoms with Crippen LogP contribution in [0, 0.1) is 0 Å². The predicted molar refractivity (Wildman–Crippen MR) is 89.3 cm³/mol. The van der Waals surface area contributed by atoms with Crippen molar-refractivity contribution in [3.63, 3.8) is 0 Å². The molecule has 0 radical (unpaired) electrons. The summed E-state index contributed by atoms with van der Waals surface area (Å²) in [5.41, 5.74) is 1.81. The molecule has 0 aliphatic heterocycles. The summed E-state index contributed by atoms with van der Waals surface area (Å²) < 4.78 is 25.1. The summed E-state index contributed by atoms with van der Waals surface area (Å²) in [6, 6.07) is 16.0. The van der Waals surface area contributed by atoms with E-state index < -0.39 is 10.0 Å². The SMILES string of the molecule is CN(C)S(=O)(=O)c1ccc(CC(=O)NCc2ccccc2)cc1. The Balaban J connectivity index is 1.94. The van der Waals surface area contributed by atoms with E-state index >= 15 is 0 Å². The second-order valence-electron chi connectivity index (χ2n) is 5.37. The maximum Gasteiger partial charge on any atom is 0.242 e. The third kappa shape index (κ3) is 4.64. The molecule has 122 valence electrons. The molecule has 0 aliphatic rings. The van der Waals surface area contributed by atoms with Gasteiger partial charge >= 0.3 is 0 Å². The molecule has 2 rings (SSSR count). The quantitative estimate of drug-likeness (QED) is 0.877. The number of hydrogen-bond acceptors (Lipinski definition) is 3. The van der Waals surface area contributed by atoms with E-state index in [0.29, 0.717) is 6.54 Å². The molecule has 0 aromatic heterocycles. The van der Waals surface area contributed by atoms with Gasteiger partial charge < -0.3 is 5.32 Å². The van der Waals surface area contributed by atoms with Crippen LogP contribution in [0.25, 0.3) is 0 Å². The number of carbonyl (C=O) groups is 1. The number of nitrogens with zero attached hydrogens (tertiary/aromatic N) is 1. The zero-order chi connectivity index (χ0) is 16.9. The Hall–Kier alpha value is -2.18. The minimum Gasteiger partial charge on any atom is -0.352 e. The first-order chi connectivity index (χ1) is 10.9. The average molecular weight is 332 g/mol. The Morgan fingerprint density at radius 1 is 0.957 bits per heavy atom. The van der Waals surface area contributed by atoms with Crippen molar-refractivity contribution in [1.82, 2.24) is 9.62 Å². The molecule has 0 aliphatic carbocycles. The van der Waals surface area contributed by atoms with Crippen molar-refractivity contribution < 1.29 is 13.2 Å². The second kappa shape index (κ2) is 7.39. The fraction of sp³-hybridized carbons (Fsp3) is 0.235. The van der Waals surface area contributed by atoms with Gasteiger partial charge in [0.05, 0.1) is 11.3 Å². The normalized spacial score (nSPS) is 11.4. The molecule has 2 aromatic carbocycles. The highest BCUT2D eigenvalue weighted by atomic mass is 32.2. The van der Waals surface area contributed by atoms with Crippen LogP contribution in [-0.2, 0) is 27.8 Å². The maximum atomic E-state index is 12.0. The van der Waals surface area contributed by atoms with E-state index in [2.05, 4.69) is 5.32 Å². The summed E-state index contributed by atoms with van der Waals surface area (Å²) in [5, 5.41) is 2.85. The van der Waals surface area contributed by atoms with Crippen LogP contribution >= 0.6 is 0 Å². The molecule has 0 unspecified atom stereocenters. The topological polar surface area (TPSA) is 66.5 Å². The summed E-state index contributed by atoms with van der Waals surface area (Å²) >= 11 is 0. The number of rotatable bonds is 6. The van der Waals surface area contributed by atoms with Crippen LogP contribution in [0.15, 0.2) is 59.5 Å². The molecule has 2 aromatic rings. The summed E-state index contributed by atoms with van der Waals surface area (Å²) in [5.74, 6) is -0.0999. The van der Waals surface area contributed by atoms with Crippen molar-refractivity contribution in [2.24, 2.45) is 0 Å². The largest absolute Gasteiger partial charge is 0.352 e. The molecule has 1 amide bonds. The lowest BCUT2D eigenvalue weighted by atomic mass is 10.1. The van der Waals surface area contributed by atoms with Crippen LogP contribution < -0.4 is 5.32 Å². The standard InChI is InChI=1S/C17H20N2O3S/c1-19(2)23(21,22)16-10-8-14(9-11-16)12-17(20)18-13-15-6-4-3-5-7-15/h3-11H,12-13H2,1-2H3,(H,18,20). The summed E-state index contributed by atoms with van der Waals surface area (Å²) in [4.78, 5) is 12.2. The van der Waals surface area contributed by atoms with Crippen molar-refractivity contribution in [1.29, 1.82) is 0 Å². The highest BCUT2D eigenvalue weighted by Crippen LogP contribution is 2.14. The molecule has 6 heteroatoms. The first kappa shape index (κ1) is 17.2. The highest BCUT2D eigenvalue weighted by Gasteiger charge is 2.16. The third-order valence-corrected chi connectivity index (χ3v) is 5.23.